The molecule has 1 rings (SSSR count). The maximum atomic E-state index is 11.8. The van der Waals surface area contributed by atoms with Gasteiger partial charge in [-0.05, 0) is 29.7 Å². The molecule has 0 fully saturated rings. The van der Waals surface area contributed by atoms with Crippen molar-refractivity contribution >= 4 is 23.2 Å². The Morgan fingerprint density at radius 2 is 2.12 bits per heavy atom. The molecule has 0 saturated carbocycles. The van der Waals surface area contributed by atoms with E-state index in [9.17, 15) is 4.79 Å². The Morgan fingerprint density at radius 1 is 1.47 bits per heavy atom. The van der Waals surface area contributed by atoms with Crippen LogP contribution < -0.4 is 5.73 Å². The van der Waals surface area contributed by atoms with Crippen molar-refractivity contribution in [2.75, 3.05) is 12.8 Å². The van der Waals surface area contributed by atoms with E-state index < -0.39 is 0 Å². The standard InChI is InChI=1S/C13H19ClN2O/c1-9(2)6-13(17)16(3)8-10-7-11(15)4-5-12(10)14/h4-5,7,9H,6,8,15H2,1-3H3. The second-order valence-corrected chi connectivity index (χ2v) is 5.11. The van der Waals surface area contributed by atoms with Gasteiger partial charge in [0.2, 0.25) is 5.91 Å². The summed E-state index contributed by atoms with van der Waals surface area (Å²) >= 11 is 6.06. The van der Waals surface area contributed by atoms with E-state index >= 15 is 0 Å². The van der Waals surface area contributed by atoms with E-state index in [1.54, 1.807) is 24.1 Å². The molecule has 0 aliphatic carbocycles. The van der Waals surface area contributed by atoms with Gasteiger partial charge in [-0.25, -0.2) is 0 Å². The summed E-state index contributed by atoms with van der Waals surface area (Å²) in [5.74, 6) is 0.486. The van der Waals surface area contributed by atoms with E-state index in [4.69, 9.17) is 17.3 Å². The van der Waals surface area contributed by atoms with Gasteiger partial charge in [0.1, 0.15) is 0 Å². The number of carbonyl (C=O) groups is 1. The molecule has 0 unspecified atom stereocenters. The molecule has 0 saturated heterocycles. The first-order valence-corrected chi connectivity index (χ1v) is 6.05. The summed E-state index contributed by atoms with van der Waals surface area (Å²) in [5.41, 5.74) is 7.24. The zero-order valence-electron chi connectivity index (χ0n) is 10.5. The van der Waals surface area contributed by atoms with Gasteiger partial charge in [0.25, 0.3) is 0 Å². The summed E-state index contributed by atoms with van der Waals surface area (Å²) in [4.78, 5) is 13.5. The van der Waals surface area contributed by atoms with Gasteiger partial charge in [0.15, 0.2) is 0 Å². The molecule has 0 bridgehead atoms. The van der Waals surface area contributed by atoms with Crippen molar-refractivity contribution in [3.05, 3.63) is 28.8 Å². The summed E-state index contributed by atoms with van der Waals surface area (Å²) < 4.78 is 0. The summed E-state index contributed by atoms with van der Waals surface area (Å²) in [6, 6.07) is 5.32. The Hall–Kier alpha value is -1.22. The Labute approximate surface area is 108 Å². The third-order valence-electron chi connectivity index (χ3n) is 2.49. The Balaban J connectivity index is 2.70. The second kappa shape index (κ2) is 5.92. The maximum Gasteiger partial charge on any atom is 0.222 e. The fourth-order valence-corrected chi connectivity index (χ4v) is 1.74. The van der Waals surface area contributed by atoms with E-state index in [0.29, 0.717) is 29.6 Å². The number of nitrogens with two attached hydrogens (primary N) is 1. The molecule has 1 aromatic rings. The third-order valence-corrected chi connectivity index (χ3v) is 2.85. The van der Waals surface area contributed by atoms with Gasteiger partial charge < -0.3 is 10.6 Å². The predicted molar refractivity (Wildman–Crippen MR) is 71.8 cm³/mol. The van der Waals surface area contributed by atoms with Crippen LogP contribution >= 0.6 is 11.6 Å². The highest BCUT2D eigenvalue weighted by Crippen LogP contribution is 2.20. The number of benzene rings is 1. The number of carbonyl (C=O) groups excluding carboxylic acids is 1. The Bertz CT molecular complexity index is 404. The number of rotatable bonds is 4. The number of hydrogen-bond donors (Lipinski definition) is 1. The topological polar surface area (TPSA) is 46.3 Å². The highest BCUT2D eigenvalue weighted by Gasteiger charge is 2.12. The zero-order chi connectivity index (χ0) is 13.0. The highest BCUT2D eigenvalue weighted by atomic mass is 35.5. The average molecular weight is 255 g/mol. The van der Waals surface area contributed by atoms with Gasteiger partial charge in [-0.2, -0.15) is 0 Å². The first-order valence-electron chi connectivity index (χ1n) is 5.68. The minimum Gasteiger partial charge on any atom is -0.399 e. The van der Waals surface area contributed by atoms with Crippen molar-refractivity contribution in [3.8, 4) is 0 Å². The largest absolute Gasteiger partial charge is 0.399 e. The zero-order valence-corrected chi connectivity index (χ0v) is 11.3. The van der Waals surface area contributed by atoms with Crippen LogP contribution in [-0.4, -0.2) is 17.9 Å². The molecule has 17 heavy (non-hydrogen) atoms. The summed E-state index contributed by atoms with van der Waals surface area (Å²) in [7, 11) is 1.78. The second-order valence-electron chi connectivity index (χ2n) is 4.70. The molecule has 0 heterocycles. The lowest BCUT2D eigenvalue weighted by Gasteiger charge is -2.19. The molecule has 3 nitrogen and oxygen atoms in total. The van der Waals surface area contributed by atoms with Crippen molar-refractivity contribution in [2.24, 2.45) is 5.92 Å². The van der Waals surface area contributed by atoms with E-state index in [2.05, 4.69) is 0 Å². The fourth-order valence-electron chi connectivity index (χ4n) is 1.56. The van der Waals surface area contributed by atoms with Crippen LogP contribution in [0.5, 0.6) is 0 Å². The molecular weight excluding hydrogens is 236 g/mol. The van der Waals surface area contributed by atoms with Crippen molar-refractivity contribution < 1.29 is 4.79 Å². The summed E-state index contributed by atoms with van der Waals surface area (Å²) in [6.45, 7) is 4.55. The predicted octanol–water partition coefficient (Wildman–Crippen LogP) is 2.93. The molecule has 1 aromatic carbocycles. The van der Waals surface area contributed by atoms with Gasteiger partial charge in [-0.3, -0.25) is 4.79 Å². The van der Waals surface area contributed by atoms with Gasteiger partial charge in [-0.1, -0.05) is 25.4 Å². The fraction of sp³-hybridized carbons (Fsp3) is 0.462. The van der Waals surface area contributed by atoms with Crippen LogP contribution in [0.15, 0.2) is 18.2 Å². The molecule has 4 heteroatoms. The number of nitrogen functional groups attached to an aromatic ring is 1. The molecule has 2 N–H and O–H groups in total. The molecule has 0 aliphatic heterocycles. The molecule has 0 atom stereocenters. The Morgan fingerprint density at radius 3 is 2.71 bits per heavy atom. The molecule has 0 aromatic heterocycles. The number of nitrogens with zero attached hydrogens (tertiary/aromatic N) is 1. The normalized spacial score (nSPS) is 10.6. The quantitative estimate of drug-likeness (QED) is 0.840. The van der Waals surface area contributed by atoms with Crippen molar-refractivity contribution in [1.82, 2.24) is 4.90 Å². The molecule has 1 amide bonds. The van der Waals surface area contributed by atoms with E-state index in [1.807, 2.05) is 19.9 Å². The Kier molecular flexibility index (Phi) is 4.82. The average Bonchev–Trinajstić information content (AvgIpc) is 2.22. The van der Waals surface area contributed by atoms with Crippen molar-refractivity contribution in [3.63, 3.8) is 0 Å². The first kappa shape index (κ1) is 13.8. The SMILES string of the molecule is CC(C)CC(=O)N(C)Cc1cc(N)ccc1Cl. The number of anilines is 1. The van der Waals surface area contributed by atoms with Crippen LogP contribution in [0, 0.1) is 5.92 Å². The smallest absolute Gasteiger partial charge is 0.222 e. The van der Waals surface area contributed by atoms with Crippen molar-refractivity contribution in [1.29, 1.82) is 0 Å². The van der Waals surface area contributed by atoms with Crippen LogP contribution in [0.25, 0.3) is 0 Å². The summed E-state index contributed by atoms with van der Waals surface area (Å²) in [5, 5.41) is 0.642. The van der Waals surface area contributed by atoms with Crippen LogP contribution in [0.1, 0.15) is 25.8 Å². The molecule has 0 spiro atoms. The number of halogens is 1. The minimum atomic E-state index is 0.124. The molecule has 0 aliphatic rings. The third kappa shape index (κ3) is 4.27. The van der Waals surface area contributed by atoms with Crippen LogP contribution in [-0.2, 0) is 11.3 Å². The van der Waals surface area contributed by atoms with Gasteiger partial charge in [0, 0.05) is 30.7 Å². The lowest BCUT2D eigenvalue weighted by Crippen LogP contribution is -2.27. The number of amides is 1. The van der Waals surface area contributed by atoms with Crippen LogP contribution in [0.3, 0.4) is 0 Å². The van der Waals surface area contributed by atoms with Gasteiger partial charge >= 0.3 is 0 Å². The van der Waals surface area contributed by atoms with Gasteiger partial charge in [-0.15, -0.1) is 0 Å². The lowest BCUT2D eigenvalue weighted by molar-refractivity contribution is -0.131. The highest BCUT2D eigenvalue weighted by molar-refractivity contribution is 6.31. The minimum absolute atomic E-state index is 0.124. The van der Waals surface area contributed by atoms with E-state index in [0.717, 1.165) is 5.56 Å². The lowest BCUT2D eigenvalue weighted by atomic mass is 10.1. The molecule has 0 radical (unpaired) electrons. The van der Waals surface area contributed by atoms with Crippen LogP contribution in [0.4, 0.5) is 5.69 Å². The van der Waals surface area contributed by atoms with E-state index in [-0.39, 0.29) is 5.91 Å². The summed E-state index contributed by atoms with van der Waals surface area (Å²) in [6.07, 6.45) is 0.552. The number of hydrogen-bond acceptors (Lipinski definition) is 2. The molecular formula is C13H19ClN2O. The van der Waals surface area contributed by atoms with E-state index in [1.165, 1.54) is 0 Å². The van der Waals surface area contributed by atoms with Gasteiger partial charge in [0.05, 0.1) is 0 Å². The van der Waals surface area contributed by atoms with Crippen LogP contribution in [0.2, 0.25) is 5.02 Å². The van der Waals surface area contributed by atoms with Crippen molar-refractivity contribution in [2.45, 2.75) is 26.8 Å². The first-order chi connectivity index (χ1) is 7.90. The maximum absolute atomic E-state index is 11.8. The molecule has 94 valence electrons. The monoisotopic (exact) mass is 254 g/mol.